The molecule has 1 atom stereocenters. The number of hydrogen-bond donors (Lipinski definition) is 1. The maximum atomic E-state index is 12.5. The van der Waals surface area contributed by atoms with Crippen molar-refractivity contribution in [2.45, 2.75) is 33.3 Å². The number of benzene rings is 1. The number of amides is 2. The number of hydrogen-bond acceptors (Lipinski definition) is 4. The summed E-state index contributed by atoms with van der Waals surface area (Å²) in [5.41, 5.74) is 1.79. The second-order valence-electron chi connectivity index (χ2n) is 6.77. The maximum absolute atomic E-state index is 12.5. The van der Waals surface area contributed by atoms with Gasteiger partial charge in [-0.1, -0.05) is 0 Å². The summed E-state index contributed by atoms with van der Waals surface area (Å²) in [6, 6.07) is 11.0. The highest BCUT2D eigenvalue weighted by atomic mass is 16.5. The van der Waals surface area contributed by atoms with Crippen molar-refractivity contribution in [1.82, 2.24) is 4.98 Å². The lowest BCUT2D eigenvalue weighted by molar-refractivity contribution is -0.122. The van der Waals surface area contributed by atoms with Crippen molar-refractivity contribution < 1.29 is 14.3 Å². The maximum Gasteiger partial charge on any atom is 0.230 e. The fraction of sp³-hybridized carbons (Fsp3) is 0.350. The van der Waals surface area contributed by atoms with Crippen molar-refractivity contribution in [2.75, 3.05) is 16.8 Å². The molecule has 1 aromatic carbocycles. The molecule has 2 amide bonds. The van der Waals surface area contributed by atoms with Crippen LogP contribution in [-0.4, -0.2) is 29.4 Å². The van der Waals surface area contributed by atoms with Crippen LogP contribution in [0.4, 0.5) is 11.5 Å². The van der Waals surface area contributed by atoms with Crippen LogP contribution in [0, 0.1) is 12.8 Å². The summed E-state index contributed by atoms with van der Waals surface area (Å²) in [6.45, 7) is 6.22. The molecule has 1 N–H and O–H groups in total. The average molecular weight is 353 g/mol. The number of aromatic nitrogens is 1. The minimum atomic E-state index is -0.392. The van der Waals surface area contributed by atoms with E-state index in [2.05, 4.69) is 10.3 Å². The molecule has 0 bridgehead atoms. The van der Waals surface area contributed by atoms with E-state index in [-0.39, 0.29) is 24.3 Å². The number of nitrogens with zero attached hydrogens (tertiary/aromatic N) is 2. The van der Waals surface area contributed by atoms with Crippen LogP contribution in [0.5, 0.6) is 5.75 Å². The normalized spacial score (nSPS) is 16.8. The molecule has 2 aromatic rings. The van der Waals surface area contributed by atoms with Gasteiger partial charge < -0.3 is 15.0 Å². The zero-order valence-electron chi connectivity index (χ0n) is 15.2. The molecule has 136 valence electrons. The van der Waals surface area contributed by atoms with Crippen LogP contribution in [0.1, 0.15) is 25.8 Å². The Morgan fingerprint density at radius 1 is 1.27 bits per heavy atom. The van der Waals surface area contributed by atoms with E-state index in [1.54, 1.807) is 17.2 Å². The standard InChI is InChI=1S/C20H23N3O3/c1-13(2)26-17-6-4-16(5-7-17)23-12-15(11-19(23)24)20(25)22-18-10-14(3)8-9-21-18/h4-10,13,15H,11-12H2,1-3H3,(H,21,22,25)/t15-/m1/s1. The van der Waals surface area contributed by atoms with Crippen molar-refractivity contribution in [1.29, 1.82) is 0 Å². The number of carbonyl (C=O) groups is 2. The molecule has 1 aromatic heterocycles. The minimum Gasteiger partial charge on any atom is -0.491 e. The number of carbonyl (C=O) groups excluding carboxylic acids is 2. The first kappa shape index (κ1) is 17.9. The van der Waals surface area contributed by atoms with Gasteiger partial charge in [0.1, 0.15) is 11.6 Å². The van der Waals surface area contributed by atoms with Gasteiger partial charge in [-0.15, -0.1) is 0 Å². The van der Waals surface area contributed by atoms with E-state index in [1.807, 2.05) is 51.1 Å². The van der Waals surface area contributed by atoms with Crippen LogP contribution in [0.25, 0.3) is 0 Å². The zero-order valence-corrected chi connectivity index (χ0v) is 15.2. The van der Waals surface area contributed by atoms with E-state index in [4.69, 9.17) is 4.74 Å². The number of rotatable bonds is 5. The highest BCUT2D eigenvalue weighted by molar-refractivity contribution is 6.03. The third kappa shape index (κ3) is 4.20. The molecule has 0 aliphatic carbocycles. The molecular formula is C20H23N3O3. The predicted octanol–water partition coefficient (Wildman–Crippen LogP) is 3.17. The number of aryl methyl sites for hydroxylation is 1. The quantitative estimate of drug-likeness (QED) is 0.896. The third-order valence-corrected chi connectivity index (χ3v) is 4.18. The Kier molecular flexibility index (Phi) is 5.21. The first-order valence-electron chi connectivity index (χ1n) is 8.73. The van der Waals surface area contributed by atoms with E-state index in [9.17, 15) is 9.59 Å². The summed E-state index contributed by atoms with van der Waals surface area (Å²) in [6.07, 6.45) is 1.94. The molecule has 1 saturated heterocycles. The van der Waals surface area contributed by atoms with E-state index in [1.165, 1.54) is 0 Å². The number of ether oxygens (including phenoxy) is 1. The number of nitrogens with one attached hydrogen (secondary N) is 1. The van der Waals surface area contributed by atoms with E-state index >= 15 is 0 Å². The van der Waals surface area contributed by atoms with Gasteiger partial charge >= 0.3 is 0 Å². The molecule has 1 fully saturated rings. The Labute approximate surface area is 153 Å². The van der Waals surface area contributed by atoms with Gasteiger partial charge in [-0.25, -0.2) is 4.98 Å². The Hall–Kier alpha value is -2.89. The van der Waals surface area contributed by atoms with Crippen LogP contribution in [-0.2, 0) is 9.59 Å². The molecule has 6 heteroatoms. The fourth-order valence-electron chi connectivity index (χ4n) is 2.94. The zero-order chi connectivity index (χ0) is 18.7. The summed E-state index contributed by atoms with van der Waals surface area (Å²) in [5, 5.41) is 2.80. The lowest BCUT2D eigenvalue weighted by atomic mass is 10.1. The molecule has 0 radical (unpaired) electrons. The summed E-state index contributed by atoms with van der Waals surface area (Å²) >= 11 is 0. The van der Waals surface area contributed by atoms with Crippen LogP contribution in [0.3, 0.4) is 0 Å². The molecule has 2 heterocycles. The first-order chi connectivity index (χ1) is 12.4. The van der Waals surface area contributed by atoms with Crippen molar-refractivity contribution in [3.8, 4) is 5.75 Å². The molecule has 1 aliphatic heterocycles. The molecule has 6 nitrogen and oxygen atoms in total. The predicted molar refractivity (Wildman–Crippen MR) is 100 cm³/mol. The summed E-state index contributed by atoms with van der Waals surface area (Å²) in [4.78, 5) is 30.6. The molecule has 1 aliphatic rings. The Morgan fingerprint density at radius 3 is 2.65 bits per heavy atom. The molecule has 3 rings (SSSR count). The lowest BCUT2D eigenvalue weighted by Crippen LogP contribution is -2.28. The lowest BCUT2D eigenvalue weighted by Gasteiger charge is -2.18. The van der Waals surface area contributed by atoms with Crippen molar-refractivity contribution >= 4 is 23.3 Å². The highest BCUT2D eigenvalue weighted by Gasteiger charge is 2.35. The van der Waals surface area contributed by atoms with Gasteiger partial charge in [-0.05, 0) is 62.7 Å². The molecular weight excluding hydrogens is 330 g/mol. The number of pyridine rings is 1. The molecule has 0 saturated carbocycles. The topological polar surface area (TPSA) is 71.5 Å². The van der Waals surface area contributed by atoms with E-state index in [0.717, 1.165) is 17.0 Å². The second-order valence-corrected chi connectivity index (χ2v) is 6.77. The van der Waals surface area contributed by atoms with Crippen LogP contribution < -0.4 is 15.0 Å². The Morgan fingerprint density at radius 2 is 2.00 bits per heavy atom. The Balaban J connectivity index is 1.65. The summed E-state index contributed by atoms with van der Waals surface area (Å²) < 4.78 is 5.62. The van der Waals surface area contributed by atoms with Gasteiger partial charge in [0.15, 0.2) is 0 Å². The SMILES string of the molecule is Cc1ccnc(NC(=O)[C@@H]2CC(=O)N(c3ccc(OC(C)C)cc3)C2)c1. The molecule has 26 heavy (non-hydrogen) atoms. The minimum absolute atomic E-state index is 0.0557. The van der Waals surface area contributed by atoms with Gasteiger partial charge in [-0.2, -0.15) is 0 Å². The van der Waals surface area contributed by atoms with Crippen molar-refractivity contribution in [3.05, 3.63) is 48.2 Å². The smallest absolute Gasteiger partial charge is 0.230 e. The van der Waals surface area contributed by atoms with Crippen LogP contribution in [0.15, 0.2) is 42.6 Å². The monoisotopic (exact) mass is 353 g/mol. The Bertz CT molecular complexity index is 802. The number of anilines is 2. The summed E-state index contributed by atoms with van der Waals surface area (Å²) in [7, 11) is 0. The fourth-order valence-corrected chi connectivity index (χ4v) is 2.94. The van der Waals surface area contributed by atoms with Gasteiger partial charge in [0, 0.05) is 24.8 Å². The third-order valence-electron chi connectivity index (χ3n) is 4.18. The van der Waals surface area contributed by atoms with Gasteiger partial charge in [0.25, 0.3) is 0 Å². The molecule has 0 spiro atoms. The molecule has 0 unspecified atom stereocenters. The van der Waals surface area contributed by atoms with Gasteiger partial charge in [0.2, 0.25) is 11.8 Å². The van der Waals surface area contributed by atoms with E-state index in [0.29, 0.717) is 12.4 Å². The average Bonchev–Trinajstić information content (AvgIpc) is 2.97. The first-order valence-corrected chi connectivity index (χ1v) is 8.73. The summed E-state index contributed by atoms with van der Waals surface area (Å²) in [5.74, 6) is 0.640. The van der Waals surface area contributed by atoms with Gasteiger partial charge in [0.05, 0.1) is 12.0 Å². The highest BCUT2D eigenvalue weighted by Crippen LogP contribution is 2.27. The second kappa shape index (κ2) is 7.56. The van der Waals surface area contributed by atoms with Crippen LogP contribution in [0.2, 0.25) is 0 Å². The van der Waals surface area contributed by atoms with Crippen molar-refractivity contribution in [2.24, 2.45) is 5.92 Å². The van der Waals surface area contributed by atoms with Crippen LogP contribution >= 0.6 is 0 Å². The van der Waals surface area contributed by atoms with Crippen molar-refractivity contribution in [3.63, 3.8) is 0 Å². The van der Waals surface area contributed by atoms with E-state index < -0.39 is 5.92 Å². The largest absolute Gasteiger partial charge is 0.491 e. The van der Waals surface area contributed by atoms with Gasteiger partial charge in [-0.3, -0.25) is 9.59 Å².